The molecule has 2 aromatic carbocycles. The summed E-state index contributed by atoms with van der Waals surface area (Å²) in [6.45, 7) is 2.70. The number of aryl methyl sites for hydroxylation is 1. The fourth-order valence-electron chi connectivity index (χ4n) is 3.09. The third-order valence-electron chi connectivity index (χ3n) is 4.81. The van der Waals surface area contributed by atoms with Crippen LogP contribution in [0.5, 0.6) is 0 Å². The van der Waals surface area contributed by atoms with Crippen molar-refractivity contribution in [3.8, 4) is 23.0 Å². The van der Waals surface area contributed by atoms with Gasteiger partial charge in [0.05, 0.1) is 0 Å². The maximum absolute atomic E-state index is 13.1. The predicted octanol–water partition coefficient (Wildman–Crippen LogP) is 4.22. The SMILES string of the molecule is CCc1ccc(CNC(=O)Cn2cccc2-c2nc(-c3ccc(F)cc3)no2)cc1. The van der Waals surface area contributed by atoms with Gasteiger partial charge in [-0.05, 0) is 53.9 Å². The van der Waals surface area contributed by atoms with Gasteiger partial charge in [-0.1, -0.05) is 36.3 Å². The van der Waals surface area contributed by atoms with Crippen LogP contribution in [0.3, 0.4) is 0 Å². The van der Waals surface area contributed by atoms with Gasteiger partial charge >= 0.3 is 0 Å². The normalized spacial score (nSPS) is 10.9. The van der Waals surface area contributed by atoms with E-state index in [1.54, 1.807) is 29.0 Å². The molecule has 2 aromatic heterocycles. The first kappa shape index (κ1) is 19.6. The Balaban J connectivity index is 1.41. The number of amides is 1. The molecular formula is C23H21FN4O2. The van der Waals surface area contributed by atoms with Crippen LogP contribution in [0.1, 0.15) is 18.1 Å². The van der Waals surface area contributed by atoms with Crippen LogP contribution < -0.4 is 5.32 Å². The van der Waals surface area contributed by atoms with Gasteiger partial charge in [0.1, 0.15) is 18.1 Å². The third kappa shape index (κ3) is 4.46. The van der Waals surface area contributed by atoms with E-state index in [0.29, 0.717) is 29.5 Å². The van der Waals surface area contributed by atoms with E-state index in [0.717, 1.165) is 12.0 Å². The second kappa shape index (κ2) is 8.73. The van der Waals surface area contributed by atoms with Crippen molar-refractivity contribution in [2.24, 2.45) is 0 Å². The summed E-state index contributed by atoms with van der Waals surface area (Å²) in [6, 6.07) is 17.7. The number of benzene rings is 2. The molecule has 152 valence electrons. The number of nitrogens with zero attached hydrogens (tertiary/aromatic N) is 3. The van der Waals surface area contributed by atoms with E-state index < -0.39 is 0 Å². The van der Waals surface area contributed by atoms with Gasteiger partial charge in [0.2, 0.25) is 11.7 Å². The van der Waals surface area contributed by atoms with E-state index in [1.807, 2.05) is 18.2 Å². The molecule has 0 unspecified atom stereocenters. The maximum atomic E-state index is 13.1. The zero-order chi connectivity index (χ0) is 20.9. The molecule has 30 heavy (non-hydrogen) atoms. The molecule has 0 saturated heterocycles. The molecule has 0 aliphatic heterocycles. The lowest BCUT2D eigenvalue weighted by atomic mass is 10.1. The Bertz CT molecular complexity index is 1130. The van der Waals surface area contributed by atoms with Crippen molar-refractivity contribution in [3.05, 3.63) is 83.8 Å². The lowest BCUT2D eigenvalue weighted by Crippen LogP contribution is -2.27. The zero-order valence-corrected chi connectivity index (χ0v) is 16.5. The minimum absolute atomic E-state index is 0.120. The van der Waals surface area contributed by atoms with Crippen LogP contribution >= 0.6 is 0 Å². The summed E-state index contributed by atoms with van der Waals surface area (Å²) >= 11 is 0. The van der Waals surface area contributed by atoms with E-state index in [-0.39, 0.29) is 18.3 Å². The molecule has 0 bridgehead atoms. The highest BCUT2D eigenvalue weighted by Gasteiger charge is 2.15. The Morgan fingerprint density at radius 1 is 1.07 bits per heavy atom. The Kier molecular flexibility index (Phi) is 5.70. The molecule has 7 heteroatoms. The molecule has 0 fully saturated rings. The van der Waals surface area contributed by atoms with Gasteiger partial charge in [0.15, 0.2) is 0 Å². The molecule has 4 rings (SSSR count). The van der Waals surface area contributed by atoms with Crippen LogP contribution in [-0.2, 0) is 24.3 Å². The number of halogens is 1. The topological polar surface area (TPSA) is 73.0 Å². The van der Waals surface area contributed by atoms with Crippen LogP contribution in [0.2, 0.25) is 0 Å². The van der Waals surface area contributed by atoms with Crippen molar-refractivity contribution in [1.82, 2.24) is 20.0 Å². The summed E-state index contributed by atoms with van der Waals surface area (Å²) in [4.78, 5) is 16.8. The van der Waals surface area contributed by atoms with Crippen LogP contribution in [0.25, 0.3) is 23.0 Å². The van der Waals surface area contributed by atoms with Crippen molar-refractivity contribution < 1.29 is 13.7 Å². The molecule has 0 aliphatic rings. The number of rotatable bonds is 7. The summed E-state index contributed by atoms with van der Waals surface area (Å²) < 4.78 is 20.2. The second-order valence-electron chi connectivity index (χ2n) is 6.90. The molecule has 0 saturated carbocycles. The van der Waals surface area contributed by atoms with Crippen LogP contribution in [0, 0.1) is 5.82 Å². The molecule has 1 N–H and O–H groups in total. The van der Waals surface area contributed by atoms with Crippen molar-refractivity contribution in [2.45, 2.75) is 26.4 Å². The van der Waals surface area contributed by atoms with Gasteiger partial charge in [-0.2, -0.15) is 4.98 Å². The van der Waals surface area contributed by atoms with Crippen LogP contribution in [-0.4, -0.2) is 20.6 Å². The largest absolute Gasteiger partial charge is 0.350 e. The maximum Gasteiger partial charge on any atom is 0.274 e. The van der Waals surface area contributed by atoms with Crippen molar-refractivity contribution in [1.29, 1.82) is 0 Å². The van der Waals surface area contributed by atoms with Crippen molar-refractivity contribution >= 4 is 5.91 Å². The van der Waals surface area contributed by atoms with Crippen LogP contribution in [0.15, 0.2) is 71.4 Å². The Morgan fingerprint density at radius 3 is 2.53 bits per heavy atom. The summed E-state index contributed by atoms with van der Waals surface area (Å²) in [5, 5.41) is 6.89. The number of hydrogen-bond donors (Lipinski definition) is 1. The monoisotopic (exact) mass is 404 g/mol. The Hall–Kier alpha value is -3.74. The first-order valence-electron chi connectivity index (χ1n) is 9.72. The zero-order valence-electron chi connectivity index (χ0n) is 16.5. The molecule has 4 aromatic rings. The highest BCUT2D eigenvalue weighted by molar-refractivity contribution is 5.76. The standard InChI is InChI=1S/C23H21FN4O2/c1-2-16-5-7-17(8-6-16)14-25-21(29)15-28-13-3-4-20(28)23-26-22(27-30-23)18-9-11-19(24)12-10-18/h3-13H,2,14-15H2,1H3,(H,25,29). The minimum Gasteiger partial charge on any atom is -0.350 e. The number of hydrogen-bond acceptors (Lipinski definition) is 4. The molecule has 2 heterocycles. The summed E-state index contributed by atoms with van der Waals surface area (Å²) in [5.41, 5.74) is 3.60. The lowest BCUT2D eigenvalue weighted by Gasteiger charge is -2.08. The summed E-state index contributed by atoms with van der Waals surface area (Å²) in [6.07, 6.45) is 2.77. The number of carbonyl (C=O) groups is 1. The first-order chi connectivity index (χ1) is 14.6. The highest BCUT2D eigenvalue weighted by atomic mass is 19.1. The molecule has 6 nitrogen and oxygen atoms in total. The third-order valence-corrected chi connectivity index (χ3v) is 4.81. The minimum atomic E-state index is -0.330. The molecule has 0 aliphatic carbocycles. The lowest BCUT2D eigenvalue weighted by molar-refractivity contribution is -0.121. The highest BCUT2D eigenvalue weighted by Crippen LogP contribution is 2.23. The molecule has 0 radical (unpaired) electrons. The Morgan fingerprint density at radius 2 is 1.80 bits per heavy atom. The van der Waals surface area contributed by atoms with Gasteiger partial charge in [-0.25, -0.2) is 4.39 Å². The van der Waals surface area contributed by atoms with E-state index in [1.165, 1.54) is 17.7 Å². The van der Waals surface area contributed by atoms with Gasteiger partial charge in [-0.3, -0.25) is 4.79 Å². The molecule has 0 spiro atoms. The summed E-state index contributed by atoms with van der Waals surface area (Å²) in [5.74, 6) is 0.203. The van der Waals surface area contributed by atoms with E-state index in [9.17, 15) is 9.18 Å². The van der Waals surface area contributed by atoms with E-state index in [4.69, 9.17) is 4.52 Å². The quantitative estimate of drug-likeness (QED) is 0.500. The number of carbonyl (C=O) groups excluding carboxylic acids is 1. The first-order valence-corrected chi connectivity index (χ1v) is 9.72. The fraction of sp³-hybridized carbons (Fsp3) is 0.174. The van der Waals surface area contributed by atoms with Crippen LogP contribution in [0.4, 0.5) is 4.39 Å². The smallest absolute Gasteiger partial charge is 0.274 e. The average molecular weight is 404 g/mol. The van der Waals surface area contributed by atoms with E-state index in [2.05, 4.69) is 34.5 Å². The number of aromatic nitrogens is 3. The van der Waals surface area contributed by atoms with Gasteiger partial charge in [-0.15, -0.1) is 0 Å². The second-order valence-corrected chi connectivity index (χ2v) is 6.90. The molecular weight excluding hydrogens is 383 g/mol. The molecule has 1 amide bonds. The fourth-order valence-corrected chi connectivity index (χ4v) is 3.09. The van der Waals surface area contributed by atoms with Gasteiger partial charge in [0.25, 0.3) is 5.89 Å². The van der Waals surface area contributed by atoms with Crippen molar-refractivity contribution in [3.63, 3.8) is 0 Å². The van der Waals surface area contributed by atoms with Gasteiger partial charge < -0.3 is 14.4 Å². The average Bonchev–Trinajstić information content (AvgIpc) is 3.42. The predicted molar refractivity (Wildman–Crippen MR) is 111 cm³/mol. The molecule has 0 atom stereocenters. The summed E-state index contributed by atoms with van der Waals surface area (Å²) in [7, 11) is 0. The van der Waals surface area contributed by atoms with Gasteiger partial charge in [0, 0.05) is 18.3 Å². The Labute approximate surface area is 173 Å². The van der Waals surface area contributed by atoms with Crippen molar-refractivity contribution in [2.75, 3.05) is 0 Å². The number of nitrogens with one attached hydrogen (secondary N) is 1. The van der Waals surface area contributed by atoms with E-state index >= 15 is 0 Å².